The minimum atomic E-state index is -0.805. The summed E-state index contributed by atoms with van der Waals surface area (Å²) in [5.41, 5.74) is 2.64. The third kappa shape index (κ3) is 5.14. The molecule has 42 heavy (non-hydrogen) atoms. The number of aryl methyl sites for hydroxylation is 1. The highest BCUT2D eigenvalue weighted by Gasteiger charge is 2.56. The third-order valence-electron chi connectivity index (χ3n) is 7.24. The monoisotopic (exact) mass is 665 g/mol. The van der Waals surface area contributed by atoms with Crippen molar-refractivity contribution in [3.05, 3.63) is 96.9 Å². The molecule has 0 aliphatic carbocycles. The lowest BCUT2D eigenvalue weighted by Crippen LogP contribution is -2.32. The van der Waals surface area contributed by atoms with E-state index >= 15 is 0 Å². The molecular weight excluding hydrogens is 642 g/mol. The lowest BCUT2D eigenvalue weighted by molar-refractivity contribution is -0.122. The van der Waals surface area contributed by atoms with E-state index in [0.29, 0.717) is 38.3 Å². The van der Waals surface area contributed by atoms with Gasteiger partial charge in [0.2, 0.25) is 11.8 Å². The number of benzene rings is 3. The molecule has 0 unspecified atom stereocenters. The molecule has 214 valence electrons. The molecule has 12 heteroatoms. The zero-order valence-electron chi connectivity index (χ0n) is 22.4. The highest BCUT2D eigenvalue weighted by Crippen LogP contribution is 2.54. The molecule has 3 atom stereocenters. The van der Waals surface area contributed by atoms with E-state index in [0.717, 1.165) is 21.4 Å². The van der Waals surface area contributed by atoms with E-state index in [1.807, 2.05) is 37.3 Å². The number of hydrogen-bond acceptors (Lipinski definition) is 8. The Labute approximate surface area is 257 Å². The molecule has 3 heterocycles. The molecule has 2 N–H and O–H groups in total. The zero-order valence-corrected chi connectivity index (χ0v) is 25.6. The minimum Gasteiger partial charge on any atom is -0.497 e. The first-order valence-electron chi connectivity index (χ1n) is 12.9. The van der Waals surface area contributed by atoms with Crippen molar-refractivity contribution in [2.45, 2.75) is 23.1 Å². The number of carbonyl (C=O) groups excluding carboxylic acids is 3. The number of hydrogen-bond donors (Lipinski definition) is 2. The standard InChI is InChI=1S/C30H24BrN3O6S2/c1-15-5-3-4-6-20(15)32-22(35)14-40-21-12-7-16(31)13-19(21)23-24-26(41-27-25(23)42-30(38)33-27)29(37)34(28(24)36)17-8-10-18(39-2)11-9-17/h3-13,23-24,26H,14H2,1-2H3,(H,32,35)(H,33,38)/t23-,24-,26+/m0/s1. The number of rotatable bonds is 7. The van der Waals surface area contributed by atoms with Crippen molar-refractivity contribution >= 4 is 68.1 Å². The summed E-state index contributed by atoms with van der Waals surface area (Å²) in [5, 5.41) is 2.64. The molecule has 2 aliphatic heterocycles. The number of aromatic nitrogens is 1. The Morgan fingerprint density at radius 1 is 1.05 bits per heavy atom. The number of fused-ring (bicyclic) bond motifs is 2. The summed E-state index contributed by atoms with van der Waals surface area (Å²) >= 11 is 5.73. The molecule has 0 radical (unpaired) electrons. The number of H-pyrrole nitrogens is 1. The Morgan fingerprint density at radius 3 is 2.55 bits per heavy atom. The predicted molar refractivity (Wildman–Crippen MR) is 165 cm³/mol. The van der Waals surface area contributed by atoms with Gasteiger partial charge < -0.3 is 19.8 Å². The number of nitrogens with zero attached hydrogens (tertiary/aromatic N) is 1. The van der Waals surface area contributed by atoms with Crippen molar-refractivity contribution in [1.82, 2.24) is 4.98 Å². The average Bonchev–Trinajstić information content (AvgIpc) is 3.47. The molecule has 4 aromatic rings. The second-order valence-electron chi connectivity index (χ2n) is 9.79. The van der Waals surface area contributed by atoms with Gasteiger partial charge >= 0.3 is 4.87 Å². The SMILES string of the molecule is COc1ccc(N2C(=O)[C@H]3[C@H](c4cc(Br)ccc4OCC(=O)Nc4ccccc4C)c4sc(=O)[nH]c4S[C@H]3C2=O)cc1. The molecule has 2 aliphatic rings. The summed E-state index contributed by atoms with van der Waals surface area (Å²) in [4.78, 5) is 57.5. The van der Waals surface area contributed by atoms with Crippen molar-refractivity contribution in [3.8, 4) is 11.5 Å². The first kappa shape index (κ1) is 28.3. The summed E-state index contributed by atoms with van der Waals surface area (Å²) in [6, 6.07) is 19.5. The Kier molecular flexibility index (Phi) is 7.69. The fraction of sp³-hybridized carbons (Fsp3) is 0.200. The van der Waals surface area contributed by atoms with E-state index < -0.39 is 17.1 Å². The Morgan fingerprint density at radius 2 is 1.81 bits per heavy atom. The van der Waals surface area contributed by atoms with Crippen LogP contribution in [0, 0.1) is 12.8 Å². The number of anilines is 2. The maximum Gasteiger partial charge on any atom is 0.305 e. The summed E-state index contributed by atoms with van der Waals surface area (Å²) in [7, 11) is 1.54. The number of aromatic amines is 1. The number of thiazole rings is 1. The van der Waals surface area contributed by atoms with Crippen LogP contribution in [0.3, 0.4) is 0 Å². The van der Waals surface area contributed by atoms with Crippen LogP contribution in [0.25, 0.3) is 0 Å². The van der Waals surface area contributed by atoms with E-state index in [1.165, 1.54) is 16.7 Å². The van der Waals surface area contributed by atoms with Crippen LogP contribution in [0.5, 0.6) is 11.5 Å². The normalized spacial score (nSPS) is 19.3. The van der Waals surface area contributed by atoms with Gasteiger partial charge in [-0.3, -0.25) is 19.2 Å². The van der Waals surface area contributed by atoms with Crippen LogP contribution in [0.2, 0.25) is 0 Å². The van der Waals surface area contributed by atoms with Crippen molar-refractivity contribution in [3.63, 3.8) is 0 Å². The van der Waals surface area contributed by atoms with Crippen LogP contribution in [0.1, 0.15) is 21.9 Å². The lowest BCUT2D eigenvalue weighted by Gasteiger charge is -2.31. The zero-order chi connectivity index (χ0) is 29.5. The molecule has 0 spiro atoms. The maximum atomic E-state index is 14.1. The number of amides is 3. The summed E-state index contributed by atoms with van der Waals surface area (Å²) in [6.45, 7) is 1.62. The van der Waals surface area contributed by atoms with Crippen LogP contribution in [-0.4, -0.2) is 41.7 Å². The number of carbonyl (C=O) groups is 3. The summed E-state index contributed by atoms with van der Waals surface area (Å²) in [5.74, 6) is -1.57. The fourth-order valence-corrected chi connectivity index (χ4v) is 8.16. The molecule has 1 saturated heterocycles. The first-order chi connectivity index (χ1) is 20.2. The van der Waals surface area contributed by atoms with Crippen LogP contribution in [0.15, 0.2) is 81.0 Å². The molecular formula is C30H24BrN3O6S2. The lowest BCUT2D eigenvalue weighted by atomic mass is 9.82. The largest absolute Gasteiger partial charge is 0.497 e. The van der Waals surface area contributed by atoms with Crippen molar-refractivity contribution < 1.29 is 23.9 Å². The average molecular weight is 667 g/mol. The van der Waals surface area contributed by atoms with Crippen molar-refractivity contribution in [2.75, 3.05) is 23.9 Å². The van der Waals surface area contributed by atoms with Gasteiger partial charge in [0.1, 0.15) is 16.7 Å². The van der Waals surface area contributed by atoms with Crippen LogP contribution in [0.4, 0.5) is 11.4 Å². The van der Waals surface area contributed by atoms with Crippen LogP contribution < -0.4 is 24.6 Å². The molecule has 3 aromatic carbocycles. The number of imide groups is 1. The first-order valence-corrected chi connectivity index (χ1v) is 15.4. The molecule has 1 fully saturated rings. The van der Waals surface area contributed by atoms with E-state index in [2.05, 4.69) is 26.2 Å². The summed E-state index contributed by atoms with van der Waals surface area (Å²) in [6.07, 6.45) is 0. The number of methoxy groups -OCH3 is 1. The van der Waals surface area contributed by atoms with Gasteiger partial charge in [-0.25, -0.2) is 4.90 Å². The molecule has 3 amide bonds. The predicted octanol–water partition coefficient (Wildman–Crippen LogP) is 5.33. The second kappa shape index (κ2) is 11.4. The molecule has 9 nitrogen and oxygen atoms in total. The highest BCUT2D eigenvalue weighted by molar-refractivity contribution is 9.10. The van der Waals surface area contributed by atoms with Crippen LogP contribution in [-0.2, 0) is 14.4 Å². The summed E-state index contributed by atoms with van der Waals surface area (Å²) < 4.78 is 12.0. The van der Waals surface area contributed by atoms with E-state index in [4.69, 9.17) is 9.47 Å². The smallest absolute Gasteiger partial charge is 0.305 e. The number of halogens is 1. The van der Waals surface area contributed by atoms with Gasteiger partial charge in [0, 0.05) is 26.5 Å². The second-order valence-corrected chi connectivity index (χ2v) is 12.9. The molecule has 0 saturated carbocycles. The fourth-order valence-electron chi connectivity index (χ4n) is 5.27. The van der Waals surface area contributed by atoms with Crippen LogP contribution >= 0.6 is 39.0 Å². The maximum absolute atomic E-state index is 14.1. The minimum absolute atomic E-state index is 0.278. The molecule has 1 aromatic heterocycles. The Bertz CT molecular complexity index is 1770. The molecule has 0 bridgehead atoms. The van der Waals surface area contributed by atoms with Gasteiger partial charge in [-0.15, -0.1) is 0 Å². The van der Waals surface area contributed by atoms with Gasteiger partial charge in [-0.2, -0.15) is 0 Å². The highest BCUT2D eigenvalue weighted by atomic mass is 79.9. The van der Waals surface area contributed by atoms with Gasteiger partial charge in [0.25, 0.3) is 5.91 Å². The van der Waals surface area contributed by atoms with Gasteiger partial charge in [0.05, 0.1) is 23.7 Å². The molecule has 6 rings (SSSR count). The van der Waals surface area contributed by atoms with Crippen molar-refractivity contribution in [1.29, 1.82) is 0 Å². The number of nitrogens with one attached hydrogen (secondary N) is 2. The Hall–Kier alpha value is -3.87. The van der Waals surface area contributed by atoms with E-state index in [1.54, 1.807) is 43.5 Å². The number of para-hydroxylation sites is 1. The van der Waals surface area contributed by atoms with Gasteiger partial charge in [0.15, 0.2) is 6.61 Å². The van der Waals surface area contributed by atoms with Gasteiger partial charge in [-0.1, -0.05) is 57.2 Å². The Balaban J connectivity index is 1.36. The van der Waals surface area contributed by atoms with Gasteiger partial charge in [-0.05, 0) is 61.0 Å². The number of thioether (sulfide) groups is 1. The van der Waals surface area contributed by atoms with Crippen molar-refractivity contribution in [2.24, 2.45) is 5.92 Å². The van der Waals surface area contributed by atoms with E-state index in [-0.39, 0.29) is 29.2 Å². The third-order valence-corrected chi connectivity index (χ3v) is 10.1. The van der Waals surface area contributed by atoms with E-state index in [9.17, 15) is 19.2 Å². The quantitative estimate of drug-likeness (QED) is 0.256. The number of ether oxygens (including phenoxy) is 2. The topological polar surface area (TPSA) is 118 Å².